The Kier molecular flexibility index (Phi) is 7.05. The molecule has 1 aliphatic rings. The molecular weight excluding hydrogens is 390 g/mol. The zero-order valence-corrected chi connectivity index (χ0v) is 16.8. The lowest BCUT2D eigenvalue weighted by Crippen LogP contribution is -2.30. The highest BCUT2D eigenvalue weighted by atomic mass is 16.5. The maximum absolute atomic E-state index is 12.5. The van der Waals surface area contributed by atoms with Gasteiger partial charge in [0.05, 0.1) is 6.61 Å². The Morgan fingerprint density at radius 3 is 2.73 bits per heavy atom. The average Bonchev–Trinajstić information content (AvgIpc) is 2.96. The molecule has 2 aromatic rings. The van der Waals surface area contributed by atoms with Gasteiger partial charge >= 0.3 is 12.1 Å². The molecule has 0 saturated heterocycles. The van der Waals surface area contributed by atoms with Gasteiger partial charge in [0.15, 0.2) is 5.69 Å². The van der Waals surface area contributed by atoms with Gasteiger partial charge in [-0.05, 0) is 31.2 Å². The van der Waals surface area contributed by atoms with Crippen molar-refractivity contribution in [2.75, 3.05) is 13.2 Å². The van der Waals surface area contributed by atoms with E-state index in [1.165, 1.54) is 4.57 Å². The molecule has 1 aliphatic heterocycles. The molecular formula is C21H25N3O6. The van der Waals surface area contributed by atoms with E-state index >= 15 is 0 Å². The number of benzene rings is 1. The van der Waals surface area contributed by atoms with Crippen LogP contribution in [0.2, 0.25) is 0 Å². The van der Waals surface area contributed by atoms with Gasteiger partial charge in [-0.15, -0.1) is 0 Å². The molecule has 30 heavy (non-hydrogen) atoms. The van der Waals surface area contributed by atoms with Crippen molar-refractivity contribution < 1.29 is 24.2 Å². The van der Waals surface area contributed by atoms with E-state index in [4.69, 9.17) is 9.47 Å². The Bertz CT molecular complexity index is 957. The molecule has 2 heterocycles. The van der Waals surface area contributed by atoms with E-state index in [2.05, 4.69) is 10.3 Å². The lowest BCUT2D eigenvalue weighted by Gasteiger charge is -2.14. The smallest absolute Gasteiger partial charge is 0.407 e. The highest BCUT2D eigenvalue weighted by molar-refractivity contribution is 5.89. The minimum atomic E-state index is -0.820. The first-order chi connectivity index (χ1) is 14.5. The van der Waals surface area contributed by atoms with Crippen LogP contribution >= 0.6 is 0 Å². The first-order valence-electron chi connectivity index (χ1n) is 9.94. The highest BCUT2D eigenvalue weighted by Crippen LogP contribution is 2.20. The first kappa shape index (κ1) is 21.4. The number of ether oxygens (including phenoxy) is 2. The van der Waals surface area contributed by atoms with Gasteiger partial charge in [-0.1, -0.05) is 30.3 Å². The number of carbonyl (C=O) groups excluding carboxylic acids is 2. The number of alkyl carbamates (subject to hydrolysis) is 1. The van der Waals surface area contributed by atoms with Gasteiger partial charge in [-0.25, -0.2) is 14.6 Å². The topological polar surface area (TPSA) is 120 Å². The molecule has 1 aromatic heterocycles. The van der Waals surface area contributed by atoms with E-state index in [-0.39, 0.29) is 24.8 Å². The quantitative estimate of drug-likeness (QED) is 0.693. The number of esters is 1. The van der Waals surface area contributed by atoms with E-state index in [9.17, 15) is 19.5 Å². The fourth-order valence-electron chi connectivity index (χ4n) is 3.35. The molecule has 1 atom stereocenters. The molecule has 0 spiro atoms. The van der Waals surface area contributed by atoms with Crippen molar-refractivity contribution in [3.8, 4) is 5.75 Å². The van der Waals surface area contributed by atoms with Crippen LogP contribution < -0.4 is 10.9 Å². The summed E-state index contributed by atoms with van der Waals surface area (Å²) in [5.41, 5.74) is -0.103. The minimum absolute atomic E-state index is 0.101. The zero-order chi connectivity index (χ0) is 21.5. The Morgan fingerprint density at radius 1 is 1.23 bits per heavy atom. The molecule has 9 heteroatoms. The van der Waals surface area contributed by atoms with Crippen molar-refractivity contribution >= 4 is 12.1 Å². The third-order valence-corrected chi connectivity index (χ3v) is 4.98. The monoisotopic (exact) mass is 415 g/mol. The molecule has 160 valence electrons. The first-order valence-corrected chi connectivity index (χ1v) is 9.94. The van der Waals surface area contributed by atoms with Crippen LogP contribution in [-0.4, -0.2) is 39.9 Å². The molecule has 0 aliphatic carbocycles. The maximum atomic E-state index is 12.5. The molecule has 1 aromatic carbocycles. The number of fused-ring (bicyclic) bond motifs is 1. The number of nitrogens with one attached hydrogen (secondary N) is 1. The Hall–Kier alpha value is -3.36. The predicted octanol–water partition coefficient (Wildman–Crippen LogP) is 2.00. The summed E-state index contributed by atoms with van der Waals surface area (Å²) in [6, 6.07) is 9.39. The molecule has 0 bridgehead atoms. The number of aromatic nitrogens is 2. The number of hydrogen-bond acceptors (Lipinski definition) is 7. The molecule has 0 saturated carbocycles. The number of carbonyl (C=O) groups is 2. The molecule has 1 unspecified atom stereocenters. The van der Waals surface area contributed by atoms with Gasteiger partial charge in [-0.2, -0.15) is 0 Å². The Morgan fingerprint density at radius 2 is 2.00 bits per heavy atom. The van der Waals surface area contributed by atoms with E-state index in [1.807, 2.05) is 30.3 Å². The van der Waals surface area contributed by atoms with E-state index < -0.39 is 23.4 Å². The van der Waals surface area contributed by atoms with Crippen LogP contribution in [0.4, 0.5) is 4.79 Å². The number of aryl methyl sites for hydroxylation is 1. The Labute approximate surface area is 173 Å². The number of hydrogen-bond donors (Lipinski definition) is 2. The van der Waals surface area contributed by atoms with Crippen LogP contribution in [0.1, 0.15) is 41.6 Å². The third kappa shape index (κ3) is 5.16. The van der Waals surface area contributed by atoms with Gasteiger partial charge in [0.25, 0.3) is 5.56 Å². The number of aromatic hydroxyl groups is 1. The molecule has 0 radical (unpaired) electrons. The van der Waals surface area contributed by atoms with Crippen LogP contribution in [0, 0.1) is 5.92 Å². The number of rotatable bonds is 6. The second-order valence-electron chi connectivity index (χ2n) is 7.04. The Balaban J connectivity index is 1.57. The van der Waals surface area contributed by atoms with E-state index in [1.54, 1.807) is 6.92 Å². The summed E-state index contributed by atoms with van der Waals surface area (Å²) in [6.07, 6.45) is 1.22. The third-order valence-electron chi connectivity index (χ3n) is 4.98. The maximum Gasteiger partial charge on any atom is 0.407 e. The van der Waals surface area contributed by atoms with Gasteiger partial charge < -0.3 is 19.9 Å². The normalized spacial score (nSPS) is 15.6. The number of nitrogens with zero attached hydrogens (tertiary/aromatic N) is 2. The molecule has 9 nitrogen and oxygen atoms in total. The molecule has 0 fully saturated rings. The molecule has 2 N–H and O–H groups in total. The van der Waals surface area contributed by atoms with Crippen LogP contribution in [0.5, 0.6) is 5.75 Å². The fraction of sp³-hybridized carbons (Fsp3) is 0.429. The van der Waals surface area contributed by atoms with Crippen molar-refractivity contribution in [1.29, 1.82) is 0 Å². The standard InChI is InChI=1S/C21H25N3O6/c1-2-29-20(27)17-18(25)19(26)24-11-10-14(8-9-16(24)23-17)12-22-21(28)30-13-15-6-4-3-5-7-15/h3-7,14,25H,2,8-13H2,1H3,(H,22,28). The van der Waals surface area contributed by atoms with Crippen LogP contribution in [0.25, 0.3) is 0 Å². The van der Waals surface area contributed by atoms with Crippen molar-refractivity contribution in [3.05, 3.63) is 57.8 Å². The summed E-state index contributed by atoms with van der Waals surface area (Å²) in [4.78, 5) is 40.5. The van der Waals surface area contributed by atoms with E-state index in [0.717, 1.165) is 5.56 Å². The average molecular weight is 415 g/mol. The summed E-state index contributed by atoms with van der Waals surface area (Å²) >= 11 is 0. The van der Waals surface area contributed by atoms with Crippen molar-refractivity contribution in [2.45, 2.75) is 39.3 Å². The summed E-state index contributed by atoms with van der Waals surface area (Å²) in [5.74, 6) is -0.990. The summed E-state index contributed by atoms with van der Waals surface area (Å²) in [5, 5.41) is 12.8. The lowest BCUT2D eigenvalue weighted by atomic mass is 10.0. The summed E-state index contributed by atoms with van der Waals surface area (Å²) in [6.45, 7) is 2.68. The van der Waals surface area contributed by atoms with Gasteiger partial charge in [0.2, 0.25) is 5.75 Å². The zero-order valence-electron chi connectivity index (χ0n) is 16.8. The summed E-state index contributed by atoms with van der Waals surface area (Å²) < 4.78 is 11.4. The van der Waals surface area contributed by atoms with Crippen molar-refractivity contribution in [2.24, 2.45) is 5.92 Å². The van der Waals surface area contributed by atoms with Gasteiger partial charge in [0.1, 0.15) is 12.4 Å². The summed E-state index contributed by atoms with van der Waals surface area (Å²) in [7, 11) is 0. The van der Waals surface area contributed by atoms with Crippen molar-refractivity contribution in [3.63, 3.8) is 0 Å². The van der Waals surface area contributed by atoms with Crippen LogP contribution in [0.15, 0.2) is 35.1 Å². The molecule has 3 rings (SSSR count). The highest BCUT2D eigenvalue weighted by Gasteiger charge is 2.25. The van der Waals surface area contributed by atoms with Crippen LogP contribution in [-0.2, 0) is 29.0 Å². The molecule has 1 amide bonds. The minimum Gasteiger partial charge on any atom is -0.501 e. The van der Waals surface area contributed by atoms with Gasteiger partial charge in [-0.3, -0.25) is 9.36 Å². The van der Waals surface area contributed by atoms with Gasteiger partial charge in [0, 0.05) is 19.5 Å². The van der Waals surface area contributed by atoms with Crippen molar-refractivity contribution in [1.82, 2.24) is 14.9 Å². The second kappa shape index (κ2) is 9.91. The number of amides is 1. The van der Waals surface area contributed by atoms with Crippen LogP contribution in [0.3, 0.4) is 0 Å². The fourth-order valence-corrected chi connectivity index (χ4v) is 3.35. The SMILES string of the molecule is CCOC(=O)c1nc2n(c(=O)c1O)CCC(CNC(=O)OCc1ccccc1)CC2. The largest absolute Gasteiger partial charge is 0.501 e. The lowest BCUT2D eigenvalue weighted by molar-refractivity contribution is 0.0514. The predicted molar refractivity (Wildman–Crippen MR) is 107 cm³/mol. The van der Waals surface area contributed by atoms with E-state index in [0.29, 0.717) is 38.2 Å². The second-order valence-corrected chi connectivity index (χ2v) is 7.04.